The van der Waals surface area contributed by atoms with Gasteiger partial charge in [0, 0.05) is 28.9 Å². The summed E-state index contributed by atoms with van der Waals surface area (Å²) in [5.41, 5.74) is 14.9. The Morgan fingerprint density at radius 2 is 1.62 bits per heavy atom. The molecule has 0 amide bonds. The SMILES string of the molecule is Nc1cccc2c(-c3cccc([N+](=O)[O-])c3)ccc(N)c12. The Hall–Kier alpha value is -3.08. The molecule has 5 nitrogen and oxygen atoms in total. The summed E-state index contributed by atoms with van der Waals surface area (Å²) in [7, 11) is 0. The lowest BCUT2D eigenvalue weighted by atomic mass is 9.96. The summed E-state index contributed by atoms with van der Waals surface area (Å²) in [4.78, 5) is 10.5. The number of nitro benzene ring substituents is 1. The first-order valence-corrected chi connectivity index (χ1v) is 6.39. The molecule has 0 bridgehead atoms. The van der Waals surface area contributed by atoms with Crippen LogP contribution in [0.25, 0.3) is 21.9 Å². The number of non-ortho nitro benzene ring substituents is 1. The first-order valence-electron chi connectivity index (χ1n) is 6.39. The van der Waals surface area contributed by atoms with Gasteiger partial charge < -0.3 is 11.5 Å². The number of nitro groups is 1. The highest BCUT2D eigenvalue weighted by atomic mass is 16.6. The van der Waals surface area contributed by atoms with E-state index in [0.29, 0.717) is 11.4 Å². The van der Waals surface area contributed by atoms with Gasteiger partial charge in [-0.15, -0.1) is 0 Å². The van der Waals surface area contributed by atoms with Gasteiger partial charge in [-0.2, -0.15) is 0 Å². The van der Waals surface area contributed by atoms with Crippen LogP contribution in [0.1, 0.15) is 0 Å². The van der Waals surface area contributed by atoms with Crippen molar-refractivity contribution >= 4 is 27.8 Å². The monoisotopic (exact) mass is 279 g/mol. The average Bonchev–Trinajstić information content (AvgIpc) is 2.48. The number of nitrogens with zero attached hydrogens (tertiary/aromatic N) is 1. The minimum Gasteiger partial charge on any atom is -0.398 e. The fraction of sp³-hybridized carbons (Fsp3) is 0. The number of anilines is 2. The Morgan fingerprint density at radius 1 is 0.905 bits per heavy atom. The molecule has 0 heterocycles. The van der Waals surface area contributed by atoms with E-state index in [0.717, 1.165) is 21.9 Å². The van der Waals surface area contributed by atoms with Crippen molar-refractivity contribution in [2.45, 2.75) is 0 Å². The second-order valence-electron chi connectivity index (χ2n) is 4.78. The number of nitrogen functional groups attached to an aromatic ring is 2. The molecule has 0 saturated heterocycles. The molecule has 4 N–H and O–H groups in total. The predicted molar refractivity (Wildman–Crippen MR) is 84.9 cm³/mol. The molecular formula is C16H13N3O2. The maximum absolute atomic E-state index is 10.9. The van der Waals surface area contributed by atoms with Gasteiger partial charge in [0.05, 0.1) is 4.92 Å². The molecule has 0 aliphatic carbocycles. The van der Waals surface area contributed by atoms with Gasteiger partial charge in [-0.05, 0) is 28.6 Å². The molecule has 21 heavy (non-hydrogen) atoms. The van der Waals surface area contributed by atoms with E-state index in [4.69, 9.17) is 11.5 Å². The van der Waals surface area contributed by atoms with Crippen molar-refractivity contribution in [2.24, 2.45) is 0 Å². The summed E-state index contributed by atoms with van der Waals surface area (Å²) in [5, 5.41) is 12.6. The predicted octanol–water partition coefficient (Wildman–Crippen LogP) is 3.58. The third kappa shape index (κ3) is 2.14. The molecule has 0 spiro atoms. The van der Waals surface area contributed by atoms with Crippen molar-refractivity contribution in [3.8, 4) is 11.1 Å². The second kappa shape index (κ2) is 4.79. The molecule has 0 aliphatic heterocycles. The van der Waals surface area contributed by atoms with Crippen molar-refractivity contribution < 1.29 is 4.92 Å². The lowest BCUT2D eigenvalue weighted by Gasteiger charge is -2.11. The Morgan fingerprint density at radius 3 is 2.38 bits per heavy atom. The van der Waals surface area contributed by atoms with Crippen LogP contribution in [0.5, 0.6) is 0 Å². The molecule has 3 rings (SSSR count). The van der Waals surface area contributed by atoms with E-state index in [-0.39, 0.29) is 5.69 Å². The van der Waals surface area contributed by atoms with Crippen LogP contribution in [0, 0.1) is 10.1 Å². The highest BCUT2D eigenvalue weighted by Crippen LogP contribution is 2.36. The van der Waals surface area contributed by atoms with Gasteiger partial charge >= 0.3 is 0 Å². The Kier molecular flexibility index (Phi) is 2.95. The Balaban J connectivity index is 2.31. The second-order valence-corrected chi connectivity index (χ2v) is 4.78. The standard InChI is InChI=1S/C16H13N3O2/c17-14-6-2-5-13-12(7-8-15(18)16(13)14)10-3-1-4-11(9-10)19(20)21/h1-9H,17-18H2. The van der Waals surface area contributed by atoms with E-state index in [1.54, 1.807) is 24.3 Å². The van der Waals surface area contributed by atoms with Gasteiger partial charge in [-0.1, -0.05) is 30.3 Å². The highest BCUT2D eigenvalue weighted by Gasteiger charge is 2.11. The van der Waals surface area contributed by atoms with Gasteiger partial charge in [0.1, 0.15) is 0 Å². The lowest BCUT2D eigenvalue weighted by molar-refractivity contribution is -0.384. The number of hydrogen-bond donors (Lipinski definition) is 2. The van der Waals surface area contributed by atoms with Crippen LogP contribution in [0.15, 0.2) is 54.6 Å². The van der Waals surface area contributed by atoms with Crippen LogP contribution in [0.3, 0.4) is 0 Å². The molecule has 3 aromatic rings. The van der Waals surface area contributed by atoms with Gasteiger partial charge in [0.25, 0.3) is 5.69 Å². The van der Waals surface area contributed by atoms with Gasteiger partial charge in [0.15, 0.2) is 0 Å². The third-order valence-electron chi connectivity index (χ3n) is 3.47. The molecule has 0 saturated carbocycles. The Bertz CT molecular complexity index is 851. The smallest absolute Gasteiger partial charge is 0.270 e. The first kappa shape index (κ1) is 12.9. The first-order chi connectivity index (χ1) is 10.1. The van der Waals surface area contributed by atoms with E-state index >= 15 is 0 Å². The number of fused-ring (bicyclic) bond motifs is 1. The molecule has 0 fully saturated rings. The third-order valence-corrected chi connectivity index (χ3v) is 3.47. The highest BCUT2D eigenvalue weighted by molar-refractivity contribution is 6.08. The van der Waals surface area contributed by atoms with E-state index in [1.165, 1.54) is 6.07 Å². The zero-order chi connectivity index (χ0) is 15.0. The zero-order valence-electron chi connectivity index (χ0n) is 11.1. The molecule has 0 aromatic heterocycles. The van der Waals surface area contributed by atoms with Crippen LogP contribution in [0.2, 0.25) is 0 Å². The van der Waals surface area contributed by atoms with Crippen LogP contribution < -0.4 is 11.5 Å². The van der Waals surface area contributed by atoms with Gasteiger partial charge in [0.2, 0.25) is 0 Å². The molecule has 104 valence electrons. The van der Waals surface area contributed by atoms with Crippen LogP contribution >= 0.6 is 0 Å². The largest absolute Gasteiger partial charge is 0.398 e. The number of nitrogens with two attached hydrogens (primary N) is 2. The summed E-state index contributed by atoms with van der Waals surface area (Å²) in [6.07, 6.45) is 0. The maximum Gasteiger partial charge on any atom is 0.270 e. The van der Waals surface area contributed by atoms with Crippen molar-refractivity contribution in [1.82, 2.24) is 0 Å². The molecule has 0 radical (unpaired) electrons. The maximum atomic E-state index is 10.9. The number of hydrogen-bond acceptors (Lipinski definition) is 4. The van der Waals surface area contributed by atoms with Crippen molar-refractivity contribution in [2.75, 3.05) is 11.5 Å². The minimum atomic E-state index is -0.405. The normalized spacial score (nSPS) is 10.7. The quantitative estimate of drug-likeness (QED) is 0.426. The summed E-state index contributed by atoms with van der Waals surface area (Å²) < 4.78 is 0. The molecule has 5 heteroatoms. The molecule has 3 aromatic carbocycles. The number of rotatable bonds is 2. The molecule has 0 unspecified atom stereocenters. The lowest BCUT2D eigenvalue weighted by Crippen LogP contribution is -1.94. The van der Waals surface area contributed by atoms with Gasteiger partial charge in [-0.3, -0.25) is 10.1 Å². The van der Waals surface area contributed by atoms with E-state index in [1.807, 2.05) is 24.3 Å². The number of benzene rings is 3. The van der Waals surface area contributed by atoms with Crippen LogP contribution in [0.4, 0.5) is 17.1 Å². The minimum absolute atomic E-state index is 0.0568. The summed E-state index contributed by atoms with van der Waals surface area (Å²) in [6.45, 7) is 0. The topological polar surface area (TPSA) is 95.2 Å². The summed E-state index contributed by atoms with van der Waals surface area (Å²) in [6, 6.07) is 15.7. The Labute approximate surface area is 121 Å². The molecule has 0 atom stereocenters. The van der Waals surface area contributed by atoms with Crippen LogP contribution in [-0.4, -0.2) is 4.92 Å². The van der Waals surface area contributed by atoms with E-state index in [9.17, 15) is 10.1 Å². The fourth-order valence-electron chi connectivity index (χ4n) is 2.50. The average molecular weight is 279 g/mol. The van der Waals surface area contributed by atoms with Gasteiger partial charge in [-0.25, -0.2) is 0 Å². The van der Waals surface area contributed by atoms with E-state index < -0.39 is 4.92 Å². The van der Waals surface area contributed by atoms with Crippen LogP contribution in [-0.2, 0) is 0 Å². The molecular weight excluding hydrogens is 266 g/mol. The molecule has 0 aliphatic rings. The fourth-order valence-corrected chi connectivity index (χ4v) is 2.50. The summed E-state index contributed by atoms with van der Waals surface area (Å²) >= 11 is 0. The van der Waals surface area contributed by atoms with Crippen molar-refractivity contribution in [1.29, 1.82) is 0 Å². The van der Waals surface area contributed by atoms with E-state index in [2.05, 4.69) is 0 Å². The summed E-state index contributed by atoms with van der Waals surface area (Å²) in [5.74, 6) is 0. The van der Waals surface area contributed by atoms with Crippen molar-refractivity contribution in [3.63, 3.8) is 0 Å². The van der Waals surface area contributed by atoms with Crippen molar-refractivity contribution in [3.05, 3.63) is 64.7 Å². The zero-order valence-corrected chi connectivity index (χ0v) is 11.1.